The maximum atomic E-state index is 10.6. The van der Waals surface area contributed by atoms with Gasteiger partial charge in [-0.1, -0.05) is 81.4 Å². The number of nitrogens with zero attached hydrogens (tertiary/aromatic N) is 2. The summed E-state index contributed by atoms with van der Waals surface area (Å²) >= 11 is 0. The Bertz CT molecular complexity index is 761. The van der Waals surface area contributed by atoms with Crippen LogP contribution in [-0.4, -0.2) is 23.2 Å². The summed E-state index contributed by atoms with van der Waals surface area (Å²) in [6.45, 7) is 8.84. The van der Waals surface area contributed by atoms with E-state index in [1.807, 2.05) is 19.1 Å². The molecule has 0 radical (unpaired) electrons. The predicted octanol–water partition coefficient (Wildman–Crippen LogP) is 2.70. The maximum Gasteiger partial charge on any atom is 0.181 e. The average Bonchev–Trinajstić information content (AvgIpc) is 2.89. The van der Waals surface area contributed by atoms with E-state index in [4.69, 9.17) is 0 Å². The summed E-state index contributed by atoms with van der Waals surface area (Å²) in [5.41, 5.74) is 1.03. The summed E-state index contributed by atoms with van der Waals surface area (Å²) in [6, 6.07) is 21.2. The van der Waals surface area contributed by atoms with Crippen LogP contribution in [0.4, 0.5) is 0 Å². The van der Waals surface area contributed by atoms with Crippen LogP contribution in [0.5, 0.6) is 0 Å². The molecule has 0 fully saturated rings. The highest BCUT2D eigenvalue weighted by Gasteiger charge is 2.52. The third-order valence-electron chi connectivity index (χ3n) is 4.83. The third-order valence-corrected chi connectivity index (χ3v) is 10.8. The van der Waals surface area contributed by atoms with Crippen molar-refractivity contribution < 1.29 is 5.21 Å². The van der Waals surface area contributed by atoms with Gasteiger partial charge < -0.3 is 5.21 Å². The lowest BCUT2D eigenvalue weighted by Gasteiger charge is -2.43. The van der Waals surface area contributed by atoms with E-state index >= 15 is 0 Å². The van der Waals surface area contributed by atoms with Gasteiger partial charge in [-0.3, -0.25) is 0 Å². The van der Waals surface area contributed by atoms with Gasteiger partial charge in [-0.25, -0.2) is 0 Å². The van der Waals surface area contributed by atoms with Crippen molar-refractivity contribution in [1.82, 2.24) is 9.94 Å². The van der Waals surface area contributed by atoms with Crippen LogP contribution in [0.3, 0.4) is 0 Å². The number of hydrogen-bond acceptors (Lipinski definition) is 2. The topological polar surface area (TPSA) is 38.0 Å². The molecule has 2 aromatic carbocycles. The lowest BCUT2D eigenvalue weighted by Crippen LogP contribution is -2.74. The minimum atomic E-state index is -2.51. The molecule has 1 heterocycles. The molecule has 0 saturated carbocycles. The minimum Gasteiger partial charge on any atom is -0.412 e. The third kappa shape index (κ3) is 2.38. The minimum absolute atomic E-state index is 0.0546. The largest absolute Gasteiger partial charge is 0.412 e. The van der Waals surface area contributed by atoms with Gasteiger partial charge in [-0.05, 0) is 27.9 Å². The number of hydrogen-bond donors (Lipinski definition) is 1. The number of benzene rings is 2. The first-order chi connectivity index (χ1) is 11.4. The molecular formula is C20H24N2OSi. The van der Waals surface area contributed by atoms with Gasteiger partial charge in [0, 0.05) is 0 Å². The van der Waals surface area contributed by atoms with Crippen molar-refractivity contribution in [2.24, 2.45) is 0 Å². The summed E-state index contributed by atoms with van der Waals surface area (Å²) in [4.78, 5) is 1.10. The SMILES string of the molecule is Cc1cnn(O)c1[Si](c1ccccc1)(c1ccccc1)C(C)(C)C. The summed E-state index contributed by atoms with van der Waals surface area (Å²) in [5.74, 6) is 0. The zero-order chi connectivity index (χ0) is 17.4. The summed E-state index contributed by atoms with van der Waals surface area (Å²) in [6.07, 6.45) is 1.76. The van der Waals surface area contributed by atoms with Crippen LogP contribution in [0.1, 0.15) is 26.3 Å². The van der Waals surface area contributed by atoms with Gasteiger partial charge in [0.2, 0.25) is 0 Å². The number of aromatic nitrogens is 2. The molecule has 3 aromatic rings. The van der Waals surface area contributed by atoms with Crippen molar-refractivity contribution in [3.05, 3.63) is 72.4 Å². The second-order valence-corrected chi connectivity index (χ2v) is 11.9. The zero-order valence-electron chi connectivity index (χ0n) is 14.7. The number of aryl methyl sites for hydroxylation is 1. The zero-order valence-corrected chi connectivity index (χ0v) is 15.7. The fourth-order valence-corrected chi connectivity index (χ4v) is 9.62. The van der Waals surface area contributed by atoms with Crippen molar-refractivity contribution >= 4 is 23.8 Å². The molecule has 0 saturated heterocycles. The molecular weight excluding hydrogens is 312 g/mol. The smallest absolute Gasteiger partial charge is 0.181 e. The van der Waals surface area contributed by atoms with Gasteiger partial charge in [0.05, 0.1) is 11.5 Å². The molecule has 24 heavy (non-hydrogen) atoms. The molecule has 0 atom stereocenters. The molecule has 0 aliphatic heterocycles. The molecule has 0 spiro atoms. The molecule has 0 aliphatic carbocycles. The summed E-state index contributed by atoms with van der Waals surface area (Å²) in [7, 11) is -2.51. The van der Waals surface area contributed by atoms with Crippen molar-refractivity contribution in [2.75, 3.05) is 0 Å². The number of rotatable bonds is 3. The fraction of sp³-hybridized carbons (Fsp3) is 0.250. The quantitative estimate of drug-likeness (QED) is 0.590. The first-order valence-electron chi connectivity index (χ1n) is 8.24. The lowest BCUT2D eigenvalue weighted by atomic mass is 10.2. The van der Waals surface area contributed by atoms with Crippen molar-refractivity contribution in [3.8, 4) is 0 Å². The Kier molecular flexibility index (Phi) is 4.09. The highest BCUT2D eigenvalue weighted by Crippen LogP contribution is 2.36. The van der Waals surface area contributed by atoms with Gasteiger partial charge in [0.15, 0.2) is 8.07 Å². The van der Waals surface area contributed by atoms with Crippen LogP contribution in [0, 0.1) is 6.92 Å². The van der Waals surface area contributed by atoms with E-state index in [2.05, 4.69) is 74.4 Å². The van der Waals surface area contributed by atoms with Crippen LogP contribution < -0.4 is 15.7 Å². The highest BCUT2D eigenvalue weighted by molar-refractivity contribution is 7.13. The molecule has 3 rings (SSSR count). The normalized spacial score (nSPS) is 12.3. The fourth-order valence-electron chi connectivity index (χ4n) is 3.90. The second kappa shape index (κ2) is 5.95. The molecule has 0 aliphatic rings. The van der Waals surface area contributed by atoms with E-state index in [-0.39, 0.29) is 5.04 Å². The predicted molar refractivity (Wildman–Crippen MR) is 101 cm³/mol. The van der Waals surface area contributed by atoms with Crippen LogP contribution in [0.15, 0.2) is 66.9 Å². The molecule has 1 N–H and O–H groups in total. The molecule has 0 unspecified atom stereocenters. The Morgan fingerprint density at radius 2 is 1.33 bits per heavy atom. The summed E-state index contributed by atoms with van der Waals surface area (Å²) in [5, 5.41) is 18.2. The van der Waals surface area contributed by atoms with E-state index < -0.39 is 8.07 Å². The van der Waals surface area contributed by atoms with Crippen LogP contribution in [0.25, 0.3) is 0 Å². The van der Waals surface area contributed by atoms with Gasteiger partial charge in [0.25, 0.3) is 0 Å². The van der Waals surface area contributed by atoms with Crippen molar-refractivity contribution in [3.63, 3.8) is 0 Å². The van der Waals surface area contributed by atoms with Gasteiger partial charge >= 0.3 is 0 Å². The van der Waals surface area contributed by atoms with Crippen molar-refractivity contribution in [2.45, 2.75) is 32.7 Å². The van der Waals surface area contributed by atoms with E-state index in [0.717, 1.165) is 15.7 Å². The van der Waals surface area contributed by atoms with Crippen molar-refractivity contribution in [1.29, 1.82) is 0 Å². The average molecular weight is 337 g/mol. The van der Waals surface area contributed by atoms with Gasteiger partial charge in [-0.2, -0.15) is 0 Å². The van der Waals surface area contributed by atoms with Crippen LogP contribution in [0.2, 0.25) is 5.04 Å². The lowest BCUT2D eigenvalue weighted by molar-refractivity contribution is 0.156. The highest BCUT2D eigenvalue weighted by atomic mass is 28.3. The molecule has 4 heteroatoms. The molecule has 1 aromatic heterocycles. The first-order valence-corrected chi connectivity index (χ1v) is 10.2. The van der Waals surface area contributed by atoms with E-state index in [1.54, 1.807) is 6.20 Å². The van der Waals surface area contributed by atoms with E-state index in [9.17, 15) is 5.21 Å². The summed E-state index contributed by atoms with van der Waals surface area (Å²) < 4.78 is 0. The van der Waals surface area contributed by atoms with Crippen LogP contribution >= 0.6 is 0 Å². The molecule has 0 bridgehead atoms. The molecule has 124 valence electrons. The maximum absolute atomic E-state index is 10.6. The second-order valence-electron chi connectivity index (χ2n) is 7.30. The Labute approximate surface area is 144 Å². The first kappa shape index (κ1) is 16.5. The standard InChI is InChI=1S/C20H24N2OSi/c1-16-15-21-22(23)19(16)24(20(2,3)4,17-11-7-5-8-12-17)18-13-9-6-10-14-18/h5-15,23H,1-4H3. The van der Waals surface area contributed by atoms with Gasteiger partial charge in [-0.15, -0.1) is 9.94 Å². The monoisotopic (exact) mass is 336 g/mol. The Morgan fingerprint density at radius 3 is 1.67 bits per heavy atom. The van der Waals surface area contributed by atoms with E-state index in [0.29, 0.717) is 0 Å². The molecule has 0 amide bonds. The van der Waals surface area contributed by atoms with Gasteiger partial charge in [0.1, 0.15) is 0 Å². The Morgan fingerprint density at radius 1 is 0.875 bits per heavy atom. The van der Waals surface area contributed by atoms with Crippen LogP contribution in [-0.2, 0) is 0 Å². The Hall–Kier alpha value is -2.33. The Balaban J connectivity index is 2.48. The molecule has 3 nitrogen and oxygen atoms in total. The van der Waals surface area contributed by atoms with E-state index in [1.165, 1.54) is 10.4 Å².